The van der Waals surface area contributed by atoms with E-state index >= 15 is 0 Å². The Morgan fingerprint density at radius 1 is 1.16 bits per heavy atom. The Balaban J connectivity index is 1.88. The summed E-state index contributed by atoms with van der Waals surface area (Å²) in [6.45, 7) is 9.46. The fraction of sp³-hybridized carbons (Fsp3) is 0.650. The van der Waals surface area contributed by atoms with E-state index in [-0.39, 0.29) is 0 Å². The third-order valence-corrected chi connectivity index (χ3v) is 5.15. The zero-order valence-electron chi connectivity index (χ0n) is 16.0. The molecular weight excluding hydrogens is 312 g/mol. The van der Waals surface area contributed by atoms with Crippen LogP contribution in [0.2, 0.25) is 0 Å². The second kappa shape index (κ2) is 9.66. The number of anilines is 1. The van der Waals surface area contributed by atoms with E-state index in [0.29, 0.717) is 12.6 Å². The van der Waals surface area contributed by atoms with Crippen molar-refractivity contribution >= 4 is 11.6 Å². The molecule has 2 rings (SSSR count). The molecule has 1 fully saturated rings. The second-order valence-electron chi connectivity index (χ2n) is 6.87. The van der Waals surface area contributed by atoms with Crippen molar-refractivity contribution in [1.29, 1.82) is 0 Å². The number of aliphatic imine (C=N–C) groups is 1. The lowest BCUT2D eigenvalue weighted by molar-refractivity contribution is 0.0417. The van der Waals surface area contributed by atoms with Crippen LogP contribution < -0.4 is 15.5 Å². The summed E-state index contributed by atoms with van der Waals surface area (Å²) in [6.07, 6.45) is 3.63. The van der Waals surface area contributed by atoms with Crippen LogP contribution in [0, 0.1) is 0 Å². The van der Waals surface area contributed by atoms with Crippen LogP contribution in [-0.2, 0) is 0 Å². The van der Waals surface area contributed by atoms with Gasteiger partial charge < -0.3 is 20.6 Å². The average Bonchev–Trinajstić information content (AvgIpc) is 2.67. The zero-order chi connectivity index (χ0) is 18.1. The van der Waals surface area contributed by atoms with Gasteiger partial charge in [0, 0.05) is 31.4 Å². The first kappa shape index (κ1) is 19.6. The van der Waals surface area contributed by atoms with E-state index < -0.39 is 5.60 Å². The van der Waals surface area contributed by atoms with E-state index in [0.717, 1.165) is 51.3 Å². The molecule has 1 heterocycles. The molecule has 0 amide bonds. The smallest absolute Gasteiger partial charge is 0.191 e. The Morgan fingerprint density at radius 3 is 2.36 bits per heavy atom. The maximum absolute atomic E-state index is 10.4. The molecule has 1 aliphatic rings. The molecule has 1 aromatic rings. The van der Waals surface area contributed by atoms with Crippen LogP contribution in [0.1, 0.15) is 46.5 Å². The molecule has 0 aliphatic carbocycles. The van der Waals surface area contributed by atoms with Crippen molar-refractivity contribution in [3.8, 4) is 0 Å². The lowest BCUT2D eigenvalue weighted by Gasteiger charge is -2.34. The van der Waals surface area contributed by atoms with E-state index in [2.05, 4.69) is 57.8 Å². The van der Waals surface area contributed by atoms with Crippen molar-refractivity contribution in [3.05, 3.63) is 30.3 Å². The summed E-state index contributed by atoms with van der Waals surface area (Å²) in [6, 6.07) is 11.0. The van der Waals surface area contributed by atoms with E-state index in [9.17, 15) is 5.11 Å². The normalized spacial score (nSPS) is 16.8. The molecule has 0 radical (unpaired) electrons. The highest BCUT2D eigenvalue weighted by Crippen LogP contribution is 2.19. The number of piperidine rings is 1. The summed E-state index contributed by atoms with van der Waals surface area (Å²) in [5.41, 5.74) is 0.608. The van der Waals surface area contributed by atoms with Gasteiger partial charge in [-0.3, -0.25) is 4.99 Å². The van der Waals surface area contributed by atoms with Crippen LogP contribution in [0.15, 0.2) is 35.3 Å². The van der Waals surface area contributed by atoms with Crippen molar-refractivity contribution in [3.63, 3.8) is 0 Å². The number of rotatable bonds is 7. The molecule has 3 N–H and O–H groups in total. The fourth-order valence-corrected chi connectivity index (χ4v) is 3.13. The van der Waals surface area contributed by atoms with Gasteiger partial charge in [-0.2, -0.15) is 0 Å². The number of hydrogen-bond donors (Lipinski definition) is 3. The number of aliphatic hydroxyl groups is 1. The molecule has 0 bridgehead atoms. The van der Waals surface area contributed by atoms with E-state index in [1.165, 1.54) is 5.69 Å². The lowest BCUT2D eigenvalue weighted by atomic mass is 9.98. The molecule has 5 nitrogen and oxygen atoms in total. The van der Waals surface area contributed by atoms with Gasteiger partial charge in [0.25, 0.3) is 0 Å². The summed E-state index contributed by atoms with van der Waals surface area (Å²) in [4.78, 5) is 7.07. The number of guanidine groups is 1. The monoisotopic (exact) mass is 346 g/mol. The molecule has 0 saturated carbocycles. The zero-order valence-corrected chi connectivity index (χ0v) is 16.0. The van der Waals surface area contributed by atoms with Gasteiger partial charge in [0.15, 0.2) is 5.96 Å². The van der Waals surface area contributed by atoms with E-state index in [1.807, 2.05) is 13.8 Å². The van der Waals surface area contributed by atoms with Crippen molar-refractivity contribution < 1.29 is 5.11 Å². The highest BCUT2D eigenvalue weighted by Gasteiger charge is 2.23. The SMILES string of the molecule is CCNC(=NCC(O)(CC)CC)NC1CCN(c2ccccc2)CC1. The molecule has 0 unspecified atom stereocenters. The lowest BCUT2D eigenvalue weighted by Crippen LogP contribution is -2.49. The van der Waals surface area contributed by atoms with Gasteiger partial charge >= 0.3 is 0 Å². The van der Waals surface area contributed by atoms with Crippen LogP contribution in [-0.4, -0.2) is 48.9 Å². The maximum atomic E-state index is 10.4. The number of nitrogens with zero attached hydrogens (tertiary/aromatic N) is 2. The Morgan fingerprint density at radius 2 is 1.80 bits per heavy atom. The highest BCUT2D eigenvalue weighted by atomic mass is 16.3. The van der Waals surface area contributed by atoms with Crippen molar-refractivity contribution in [2.75, 3.05) is 31.1 Å². The van der Waals surface area contributed by atoms with Gasteiger partial charge in [0.05, 0.1) is 12.1 Å². The van der Waals surface area contributed by atoms with E-state index in [4.69, 9.17) is 0 Å². The Bertz CT molecular complexity index is 520. The quantitative estimate of drug-likeness (QED) is 0.525. The Labute approximate surface area is 152 Å². The number of para-hydroxylation sites is 1. The standard InChI is InChI=1S/C20H34N4O/c1-4-20(25,5-2)16-22-19(21-6-3)23-17-12-14-24(15-13-17)18-10-8-7-9-11-18/h7-11,17,25H,4-6,12-16H2,1-3H3,(H2,21,22,23). The van der Waals surface area contributed by atoms with Crippen molar-refractivity contribution in [1.82, 2.24) is 10.6 Å². The van der Waals surface area contributed by atoms with Gasteiger partial charge in [-0.25, -0.2) is 0 Å². The van der Waals surface area contributed by atoms with Crippen LogP contribution >= 0.6 is 0 Å². The van der Waals surface area contributed by atoms with Gasteiger partial charge in [-0.15, -0.1) is 0 Å². The molecule has 1 saturated heterocycles. The minimum Gasteiger partial charge on any atom is -0.388 e. The van der Waals surface area contributed by atoms with E-state index in [1.54, 1.807) is 0 Å². The molecular formula is C20H34N4O. The number of benzene rings is 1. The molecule has 25 heavy (non-hydrogen) atoms. The summed E-state index contributed by atoms with van der Waals surface area (Å²) >= 11 is 0. The molecule has 5 heteroatoms. The molecule has 0 atom stereocenters. The predicted molar refractivity (Wildman–Crippen MR) is 106 cm³/mol. The Kier molecular flexibility index (Phi) is 7.56. The third kappa shape index (κ3) is 5.92. The first-order chi connectivity index (χ1) is 12.1. The summed E-state index contributed by atoms with van der Waals surface area (Å²) in [5.74, 6) is 0.820. The van der Waals surface area contributed by atoms with Crippen LogP contribution in [0.5, 0.6) is 0 Å². The molecule has 1 aliphatic heterocycles. The molecule has 0 aromatic heterocycles. The number of nitrogens with one attached hydrogen (secondary N) is 2. The average molecular weight is 347 g/mol. The van der Waals surface area contributed by atoms with Crippen LogP contribution in [0.4, 0.5) is 5.69 Å². The third-order valence-electron chi connectivity index (χ3n) is 5.15. The van der Waals surface area contributed by atoms with Gasteiger partial charge in [-0.05, 0) is 44.7 Å². The maximum Gasteiger partial charge on any atom is 0.191 e. The summed E-state index contributed by atoms with van der Waals surface area (Å²) in [5, 5.41) is 17.3. The Hall–Kier alpha value is -1.75. The minimum atomic E-state index is -0.695. The first-order valence-corrected chi connectivity index (χ1v) is 9.67. The largest absolute Gasteiger partial charge is 0.388 e. The molecule has 1 aromatic carbocycles. The van der Waals surface area contributed by atoms with Gasteiger partial charge in [0.1, 0.15) is 0 Å². The van der Waals surface area contributed by atoms with Crippen molar-refractivity contribution in [2.45, 2.75) is 58.1 Å². The van der Waals surface area contributed by atoms with Crippen molar-refractivity contribution in [2.24, 2.45) is 4.99 Å². The fourth-order valence-electron chi connectivity index (χ4n) is 3.13. The predicted octanol–water partition coefficient (Wildman–Crippen LogP) is 2.76. The van der Waals surface area contributed by atoms with Crippen LogP contribution in [0.3, 0.4) is 0 Å². The summed E-state index contributed by atoms with van der Waals surface area (Å²) in [7, 11) is 0. The summed E-state index contributed by atoms with van der Waals surface area (Å²) < 4.78 is 0. The highest BCUT2D eigenvalue weighted by molar-refractivity contribution is 5.80. The minimum absolute atomic E-state index is 0.425. The topological polar surface area (TPSA) is 59.9 Å². The molecule has 0 spiro atoms. The molecule has 140 valence electrons. The van der Waals surface area contributed by atoms with Gasteiger partial charge in [0.2, 0.25) is 0 Å². The van der Waals surface area contributed by atoms with Crippen LogP contribution in [0.25, 0.3) is 0 Å². The number of hydrogen-bond acceptors (Lipinski definition) is 3. The van der Waals surface area contributed by atoms with Gasteiger partial charge in [-0.1, -0.05) is 32.0 Å². The second-order valence-corrected chi connectivity index (χ2v) is 6.87. The first-order valence-electron chi connectivity index (χ1n) is 9.67.